The van der Waals surface area contributed by atoms with Crippen molar-refractivity contribution in [3.8, 4) is 0 Å². The van der Waals surface area contributed by atoms with Crippen LogP contribution in [0.5, 0.6) is 0 Å². The molecule has 1 atom stereocenters. The molecule has 1 amide bonds. The number of hydrogen-bond donors (Lipinski definition) is 7. The van der Waals surface area contributed by atoms with E-state index in [9.17, 15) is 24.6 Å². The van der Waals surface area contributed by atoms with Gasteiger partial charge in [0.05, 0.1) is 17.1 Å². The summed E-state index contributed by atoms with van der Waals surface area (Å²) in [5.41, 5.74) is 7.92. The number of rotatable bonds is 7. The number of amides is 1. The largest absolute Gasteiger partial charge is 0.478 e. The van der Waals surface area contributed by atoms with Crippen LogP contribution in [-0.4, -0.2) is 64.3 Å². The molecule has 4 rings (SSSR count). The first-order valence-electron chi connectivity index (χ1n) is 12.8. The Balaban J connectivity index is 1.49. The average molecular weight is 565 g/mol. The van der Waals surface area contributed by atoms with E-state index in [4.69, 9.17) is 12.2 Å². The zero-order valence-corrected chi connectivity index (χ0v) is 23.0. The number of nitrogens with zero attached hydrogens (tertiary/aromatic N) is 1. The molecule has 2 heterocycles. The van der Waals surface area contributed by atoms with Gasteiger partial charge in [-0.1, -0.05) is 42.5 Å². The fourth-order valence-electron chi connectivity index (χ4n) is 5.14. The topological polar surface area (TPSA) is 155 Å². The van der Waals surface area contributed by atoms with Crippen molar-refractivity contribution in [2.24, 2.45) is 0 Å². The highest BCUT2D eigenvalue weighted by atomic mass is 32.1. The Kier molecular flexibility index (Phi) is 9.15. The maximum atomic E-state index is 13.3. The maximum Gasteiger partial charge on any atom is 0.334 e. The third-order valence-electron chi connectivity index (χ3n) is 6.88. The number of aliphatic carboxylic acids is 2. The molecule has 1 fully saturated rings. The second kappa shape index (κ2) is 12.7. The Morgan fingerprint density at radius 2 is 1.55 bits per heavy atom. The van der Waals surface area contributed by atoms with E-state index >= 15 is 0 Å². The van der Waals surface area contributed by atoms with Crippen LogP contribution in [0.3, 0.4) is 0 Å². The van der Waals surface area contributed by atoms with Crippen molar-refractivity contribution in [1.82, 2.24) is 26.4 Å². The average Bonchev–Trinajstić information content (AvgIpc) is 2.92. The number of nitrogens with one attached hydrogen (secondary N) is 5. The van der Waals surface area contributed by atoms with Gasteiger partial charge in [-0.25, -0.2) is 9.59 Å². The molecule has 0 aromatic heterocycles. The third kappa shape index (κ3) is 6.47. The van der Waals surface area contributed by atoms with Gasteiger partial charge < -0.3 is 26.2 Å². The number of benzene rings is 2. The van der Waals surface area contributed by atoms with Gasteiger partial charge >= 0.3 is 11.9 Å². The van der Waals surface area contributed by atoms with E-state index in [-0.39, 0.29) is 22.2 Å². The minimum atomic E-state index is -1.21. The van der Waals surface area contributed by atoms with Crippen LogP contribution in [-0.2, 0) is 14.4 Å². The summed E-state index contributed by atoms with van der Waals surface area (Å²) < 4.78 is 0. The van der Waals surface area contributed by atoms with Crippen LogP contribution in [0.25, 0.3) is 0 Å². The van der Waals surface area contributed by atoms with Crippen molar-refractivity contribution in [3.05, 3.63) is 88.3 Å². The highest BCUT2D eigenvalue weighted by molar-refractivity contribution is 7.80. The summed E-state index contributed by atoms with van der Waals surface area (Å²) in [5, 5.41) is 29.0. The molecule has 1 unspecified atom stereocenters. The van der Waals surface area contributed by atoms with Crippen molar-refractivity contribution in [3.63, 3.8) is 0 Å². The summed E-state index contributed by atoms with van der Waals surface area (Å²) in [5.74, 6) is -3.68. The summed E-state index contributed by atoms with van der Waals surface area (Å²) in [6.45, 7) is 6.22. The number of piperazine rings is 1. The molecule has 12 heteroatoms. The number of carbonyl (C=O) groups is 3. The number of carboxylic acids is 2. The van der Waals surface area contributed by atoms with Crippen molar-refractivity contribution in [1.29, 1.82) is 0 Å². The predicted octanol–water partition coefficient (Wildman–Crippen LogP) is 2.05. The normalized spacial score (nSPS) is 17.1. The van der Waals surface area contributed by atoms with Gasteiger partial charge in [-0.2, -0.15) is 0 Å². The molecular weight excluding hydrogens is 532 g/mol. The Hall–Kier alpha value is -4.26. The molecule has 0 spiro atoms. The molecule has 1 saturated heterocycles. The van der Waals surface area contributed by atoms with Crippen LogP contribution < -0.4 is 26.8 Å². The quantitative estimate of drug-likeness (QED) is 0.195. The van der Waals surface area contributed by atoms with E-state index < -0.39 is 23.9 Å². The van der Waals surface area contributed by atoms with Crippen LogP contribution >= 0.6 is 12.2 Å². The van der Waals surface area contributed by atoms with Gasteiger partial charge in [-0.3, -0.25) is 20.5 Å². The van der Waals surface area contributed by atoms with Gasteiger partial charge in [0.15, 0.2) is 5.11 Å². The first kappa shape index (κ1) is 28.7. The lowest BCUT2D eigenvalue weighted by atomic mass is 9.80. The SMILES string of the molecule is CC1=C(C(=O)O)C(c2cccc(NC(=S)NNC(=O)C(c3ccccc3)N3CCNCC3)c2)C(C(=O)O)=C(C)N1. The number of thiocarbonyl (C=S) groups is 1. The smallest absolute Gasteiger partial charge is 0.334 e. The van der Waals surface area contributed by atoms with Crippen LogP contribution in [0.1, 0.15) is 36.9 Å². The highest BCUT2D eigenvalue weighted by Gasteiger charge is 2.36. The second-order valence-electron chi connectivity index (χ2n) is 9.54. The van der Waals surface area contributed by atoms with Crippen molar-refractivity contribution in [2.75, 3.05) is 31.5 Å². The van der Waals surface area contributed by atoms with E-state index in [0.29, 0.717) is 22.6 Å². The van der Waals surface area contributed by atoms with E-state index in [2.05, 4.69) is 31.7 Å². The number of anilines is 1. The van der Waals surface area contributed by atoms with Crippen LogP contribution in [0.15, 0.2) is 77.1 Å². The van der Waals surface area contributed by atoms with E-state index in [1.165, 1.54) is 0 Å². The molecule has 2 aromatic carbocycles. The first-order valence-corrected chi connectivity index (χ1v) is 13.2. The molecule has 40 heavy (non-hydrogen) atoms. The lowest BCUT2D eigenvalue weighted by Crippen LogP contribution is -2.53. The molecule has 0 bridgehead atoms. The highest BCUT2D eigenvalue weighted by Crippen LogP contribution is 2.39. The molecular formula is C28H32N6O5S. The number of allylic oxidation sites excluding steroid dienone is 2. The Bertz CT molecular complexity index is 1330. The first-order chi connectivity index (χ1) is 19.2. The lowest BCUT2D eigenvalue weighted by molar-refractivity contribution is -0.133. The van der Waals surface area contributed by atoms with Gasteiger partial charge in [-0.15, -0.1) is 0 Å². The maximum absolute atomic E-state index is 13.3. The summed E-state index contributed by atoms with van der Waals surface area (Å²) >= 11 is 5.40. The predicted molar refractivity (Wildman–Crippen MR) is 154 cm³/mol. The third-order valence-corrected chi connectivity index (χ3v) is 7.08. The molecule has 2 aliphatic rings. The second-order valence-corrected chi connectivity index (χ2v) is 9.95. The van der Waals surface area contributed by atoms with Crippen LogP contribution in [0.4, 0.5) is 5.69 Å². The molecule has 7 N–H and O–H groups in total. The molecule has 2 aromatic rings. The number of hydrazine groups is 1. The van der Waals surface area contributed by atoms with Crippen LogP contribution in [0, 0.1) is 0 Å². The molecule has 11 nitrogen and oxygen atoms in total. The summed E-state index contributed by atoms with van der Waals surface area (Å²) in [6, 6.07) is 15.7. The molecule has 0 radical (unpaired) electrons. The Morgan fingerprint density at radius 1 is 0.925 bits per heavy atom. The summed E-state index contributed by atoms with van der Waals surface area (Å²) in [7, 11) is 0. The Morgan fingerprint density at radius 3 is 2.15 bits per heavy atom. The van der Waals surface area contributed by atoms with Gasteiger partial charge in [-0.05, 0) is 49.3 Å². The van der Waals surface area contributed by atoms with Gasteiger partial charge in [0.2, 0.25) is 0 Å². The number of carboxylic acid groups (broad SMARTS) is 2. The van der Waals surface area contributed by atoms with E-state index in [1.807, 2.05) is 30.3 Å². The van der Waals surface area contributed by atoms with Crippen molar-refractivity contribution < 1.29 is 24.6 Å². The van der Waals surface area contributed by atoms with Crippen LogP contribution in [0.2, 0.25) is 0 Å². The zero-order valence-electron chi connectivity index (χ0n) is 22.2. The molecule has 210 valence electrons. The number of hydrogen-bond acceptors (Lipinski definition) is 7. The standard InChI is InChI=1S/C28H32N6O5S/c1-16-21(26(36)37)23(22(27(38)39)17(2)30-16)19-9-6-10-20(15-19)31-28(40)33-32-25(35)24(18-7-4-3-5-8-18)34-13-11-29-12-14-34/h3-10,15,23-24,29-30H,11-14H2,1-2H3,(H,32,35)(H,36,37)(H,38,39)(H2,31,33,40). The number of carbonyl (C=O) groups excluding carboxylic acids is 1. The van der Waals surface area contributed by atoms with E-state index in [0.717, 1.165) is 31.7 Å². The fraction of sp³-hybridized carbons (Fsp3) is 0.286. The lowest BCUT2D eigenvalue weighted by Gasteiger charge is -2.34. The van der Waals surface area contributed by atoms with Crippen molar-refractivity contribution in [2.45, 2.75) is 25.8 Å². The summed E-state index contributed by atoms with van der Waals surface area (Å²) in [6.07, 6.45) is 0. The fourth-order valence-corrected chi connectivity index (χ4v) is 5.31. The monoisotopic (exact) mass is 564 g/mol. The number of dihydropyridines is 1. The Labute approximate surface area is 237 Å². The van der Waals surface area contributed by atoms with Gasteiger partial charge in [0.1, 0.15) is 6.04 Å². The molecule has 0 saturated carbocycles. The van der Waals surface area contributed by atoms with Gasteiger partial charge in [0, 0.05) is 43.3 Å². The minimum Gasteiger partial charge on any atom is -0.478 e. The van der Waals surface area contributed by atoms with Crippen molar-refractivity contribution >= 4 is 40.9 Å². The molecule has 0 aliphatic carbocycles. The van der Waals surface area contributed by atoms with Gasteiger partial charge in [0.25, 0.3) is 5.91 Å². The summed E-state index contributed by atoms with van der Waals surface area (Å²) in [4.78, 5) is 39.6. The minimum absolute atomic E-state index is 0.0482. The van der Waals surface area contributed by atoms with E-state index in [1.54, 1.807) is 38.1 Å². The molecule has 2 aliphatic heterocycles. The zero-order chi connectivity index (χ0) is 28.8.